The Balaban J connectivity index is 0.000000905. The van der Waals surface area contributed by atoms with Crippen LogP contribution in [0.3, 0.4) is 0 Å². The van der Waals surface area contributed by atoms with Gasteiger partial charge in [0.25, 0.3) is 0 Å². The zero-order chi connectivity index (χ0) is 29.1. The first kappa shape index (κ1) is 32.8. The lowest BCUT2D eigenvalue weighted by molar-refractivity contribution is -0.192. The maximum atomic E-state index is 12.5. The number of nitrogens with two attached hydrogens (primary N) is 1. The van der Waals surface area contributed by atoms with Crippen molar-refractivity contribution in [3.63, 3.8) is 0 Å². The summed E-state index contributed by atoms with van der Waals surface area (Å²) < 4.78 is 31.7. The Labute approximate surface area is 221 Å². The number of halogens is 3. The molecule has 7 nitrogen and oxygen atoms in total. The third kappa shape index (κ3) is 13.3. The number of carboxylic acid groups (broad SMARTS) is 1. The summed E-state index contributed by atoms with van der Waals surface area (Å²) in [5.74, 6) is -2.76. The number of aryl methyl sites for hydroxylation is 1. The van der Waals surface area contributed by atoms with Gasteiger partial charge in [-0.3, -0.25) is 14.4 Å². The number of Topliss-reactive ketones (excluding diaryl/α,β-unsaturated/α-hetero) is 2. The quantitative estimate of drug-likeness (QED) is 0.370. The summed E-state index contributed by atoms with van der Waals surface area (Å²) in [5.41, 5.74) is 6.84. The van der Waals surface area contributed by atoms with Crippen molar-refractivity contribution in [1.29, 1.82) is 0 Å². The molecular weight excluding hydrogens is 501 g/mol. The van der Waals surface area contributed by atoms with Crippen molar-refractivity contribution in [2.75, 3.05) is 0 Å². The summed E-state index contributed by atoms with van der Waals surface area (Å²) in [6.45, 7) is 7.63. The van der Waals surface area contributed by atoms with Crippen molar-refractivity contribution in [3.05, 3.63) is 48.0 Å². The molecule has 0 aromatic heterocycles. The number of nitrogens with one attached hydrogen (secondary N) is 1. The summed E-state index contributed by atoms with van der Waals surface area (Å²) in [4.78, 5) is 45.6. The van der Waals surface area contributed by atoms with Crippen molar-refractivity contribution in [2.45, 2.75) is 84.0 Å². The lowest BCUT2D eigenvalue weighted by Crippen LogP contribution is -2.43. The minimum Gasteiger partial charge on any atom is -0.475 e. The average molecular weight is 539 g/mol. The molecule has 0 fully saturated rings. The van der Waals surface area contributed by atoms with Gasteiger partial charge in [0.15, 0.2) is 0 Å². The number of carbonyl (C=O) groups excluding carboxylic acids is 3. The molecule has 4 N–H and O–H groups in total. The number of carboxylic acids is 1. The van der Waals surface area contributed by atoms with Gasteiger partial charge in [-0.15, -0.1) is 0 Å². The van der Waals surface area contributed by atoms with Crippen LogP contribution >= 0.6 is 0 Å². The third-order valence-electron chi connectivity index (χ3n) is 5.40. The van der Waals surface area contributed by atoms with Crippen molar-refractivity contribution in [3.8, 4) is 0 Å². The lowest BCUT2D eigenvalue weighted by atomic mass is 9.92. The molecule has 10 heteroatoms. The molecule has 2 rings (SSSR count). The van der Waals surface area contributed by atoms with Crippen LogP contribution < -0.4 is 11.1 Å². The monoisotopic (exact) mass is 538 g/mol. The minimum atomic E-state index is -5.08. The van der Waals surface area contributed by atoms with E-state index in [2.05, 4.69) is 29.6 Å². The number of hydrogen-bond donors (Lipinski definition) is 3. The van der Waals surface area contributed by atoms with E-state index in [0.29, 0.717) is 25.7 Å². The standard InChI is InChI=1S/C26H36N2O3.C2HF3O2/c1-18(15-23(30)16-21(27)17-25(31)28-26(2,3)4)14-22(29)13-12-20-10-7-9-19-8-5-6-11-24(19)20;3-2(4,5)1(6)7/h5-11,18,21H,12-17,27H2,1-4H3,(H,28,31);(H,6,7)/t18-,21+;/m0./s1. The Morgan fingerprint density at radius 2 is 1.45 bits per heavy atom. The summed E-state index contributed by atoms with van der Waals surface area (Å²) in [6, 6.07) is 13.9. The number of carbonyl (C=O) groups is 4. The second kappa shape index (κ2) is 14.6. The third-order valence-corrected chi connectivity index (χ3v) is 5.40. The van der Waals surface area contributed by atoms with E-state index in [0.717, 1.165) is 0 Å². The summed E-state index contributed by atoms with van der Waals surface area (Å²) in [7, 11) is 0. The second-order valence-electron chi connectivity index (χ2n) is 10.5. The van der Waals surface area contributed by atoms with Gasteiger partial charge in [0.1, 0.15) is 11.6 Å². The highest BCUT2D eigenvalue weighted by molar-refractivity contribution is 5.87. The van der Waals surface area contributed by atoms with E-state index in [4.69, 9.17) is 15.6 Å². The van der Waals surface area contributed by atoms with Crippen LogP contribution in [0.5, 0.6) is 0 Å². The van der Waals surface area contributed by atoms with Crippen LogP contribution in [0, 0.1) is 5.92 Å². The first-order chi connectivity index (χ1) is 17.5. The summed E-state index contributed by atoms with van der Waals surface area (Å²) >= 11 is 0. The fraction of sp³-hybridized carbons (Fsp3) is 0.500. The van der Waals surface area contributed by atoms with Crippen LogP contribution in [0.15, 0.2) is 42.5 Å². The van der Waals surface area contributed by atoms with Crippen LogP contribution in [0.25, 0.3) is 10.8 Å². The van der Waals surface area contributed by atoms with E-state index in [1.54, 1.807) is 0 Å². The van der Waals surface area contributed by atoms with E-state index in [9.17, 15) is 27.6 Å². The number of fused-ring (bicyclic) bond motifs is 1. The number of amides is 1. The van der Waals surface area contributed by atoms with Gasteiger partial charge in [0.05, 0.1) is 0 Å². The highest BCUT2D eigenvalue weighted by atomic mass is 19.4. The topological polar surface area (TPSA) is 127 Å². The first-order valence-corrected chi connectivity index (χ1v) is 12.3. The second-order valence-corrected chi connectivity index (χ2v) is 10.5. The molecule has 38 heavy (non-hydrogen) atoms. The first-order valence-electron chi connectivity index (χ1n) is 12.3. The molecule has 210 valence electrons. The van der Waals surface area contributed by atoms with Gasteiger partial charge in [-0.25, -0.2) is 4.79 Å². The van der Waals surface area contributed by atoms with E-state index in [1.807, 2.05) is 45.9 Å². The van der Waals surface area contributed by atoms with E-state index >= 15 is 0 Å². The fourth-order valence-corrected chi connectivity index (χ4v) is 3.89. The van der Waals surface area contributed by atoms with Crippen molar-refractivity contribution in [2.24, 2.45) is 11.7 Å². The zero-order valence-corrected chi connectivity index (χ0v) is 22.2. The van der Waals surface area contributed by atoms with Crippen LogP contribution in [0.4, 0.5) is 13.2 Å². The average Bonchev–Trinajstić information content (AvgIpc) is 2.75. The molecule has 0 heterocycles. The summed E-state index contributed by atoms with van der Waals surface area (Å²) in [5, 5.41) is 12.3. The molecule has 0 aliphatic rings. The molecule has 1 amide bonds. The smallest absolute Gasteiger partial charge is 0.475 e. The Bertz CT molecular complexity index is 1100. The van der Waals surface area contributed by atoms with Gasteiger partial charge in [0.2, 0.25) is 5.91 Å². The normalized spacial score (nSPS) is 13.2. The van der Waals surface area contributed by atoms with E-state index in [1.165, 1.54) is 16.3 Å². The van der Waals surface area contributed by atoms with Crippen LogP contribution in [0.2, 0.25) is 0 Å². The maximum Gasteiger partial charge on any atom is 0.490 e. The van der Waals surface area contributed by atoms with Gasteiger partial charge in [0, 0.05) is 43.7 Å². The van der Waals surface area contributed by atoms with Crippen molar-refractivity contribution in [1.82, 2.24) is 5.32 Å². The van der Waals surface area contributed by atoms with Gasteiger partial charge in [-0.1, -0.05) is 49.4 Å². The predicted molar refractivity (Wildman–Crippen MR) is 139 cm³/mol. The highest BCUT2D eigenvalue weighted by Gasteiger charge is 2.38. The minimum absolute atomic E-state index is 0.00501. The molecule has 0 saturated heterocycles. The highest BCUT2D eigenvalue weighted by Crippen LogP contribution is 2.21. The lowest BCUT2D eigenvalue weighted by Gasteiger charge is -2.21. The largest absolute Gasteiger partial charge is 0.490 e. The van der Waals surface area contributed by atoms with Gasteiger partial charge in [-0.2, -0.15) is 13.2 Å². The fourth-order valence-electron chi connectivity index (χ4n) is 3.89. The maximum absolute atomic E-state index is 12.5. The van der Waals surface area contributed by atoms with E-state index < -0.39 is 18.2 Å². The molecule has 0 aliphatic heterocycles. The molecule has 2 aromatic carbocycles. The number of rotatable bonds is 11. The molecule has 0 radical (unpaired) electrons. The molecule has 0 aliphatic carbocycles. The van der Waals surface area contributed by atoms with Crippen molar-refractivity contribution < 1.29 is 37.5 Å². The van der Waals surface area contributed by atoms with Crippen molar-refractivity contribution >= 4 is 34.2 Å². The molecule has 2 aromatic rings. The van der Waals surface area contributed by atoms with Gasteiger partial charge >= 0.3 is 12.1 Å². The number of ketones is 2. The molecule has 0 spiro atoms. The van der Waals surface area contributed by atoms with Crippen LogP contribution in [0.1, 0.15) is 65.4 Å². The Hall–Kier alpha value is -3.27. The van der Waals surface area contributed by atoms with Gasteiger partial charge < -0.3 is 16.2 Å². The number of aliphatic carboxylic acids is 1. The predicted octanol–water partition coefficient (Wildman–Crippen LogP) is 4.98. The molecule has 0 unspecified atom stereocenters. The Morgan fingerprint density at radius 1 is 0.895 bits per heavy atom. The Kier molecular flexibility index (Phi) is 12.6. The number of hydrogen-bond acceptors (Lipinski definition) is 5. The molecule has 2 atom stereocenters. The van der Waals surface area contributed by atoms with Crippen LogP contribution in [-0.4, -0.2) is 46.3 Å². The van der Waals surface area contributed by atoms with Crippen LogP contribution in [-0.2, 0) is 25.6 Å². The Morgan fingerprint density at radius 3 is 2.03 bits per heavy atom. The zero-order valence-electron chi connectivity index (χ0n) is 22.2. The molecule has 0 saturated carbocycles. The molecule has 0 bridgehead atoms. The van der Waals surface area contributed by atoms with Gasteiger partial charge in [-0.05, 0) is 49.4 Å². The number of alkyl halides is 3. The number of benzene rings is 2. The SMILES string of the molecule is C[C@@H](CC(=O)CCc1cccc2ccccc12)CC(=O)C[C@@H](N)CC(=O)NC(C)(C)C.O=C(O)C(F)(F)F. The summed E-state index contributed by atoms with van der Waals surface area (Å²) in [6.07, 6.45) is -2.92. The molecular formula is C28H37F3N2O5. The van der Waals surface area contributed by atoms with E-state index in [-0.39, 0.29) is 41.8 Å².